The molecule has 3 rings (SSSR count). The van der Waals surface area contributed by atoms with Gasteiger partial charge in [-0.3, -0.25) is 9.59 Å². The number of hydrogen-bond donors (Lipinski definition) is 3. The zero-order valence-electron chi connectivity index (χ0n) is 16.9. The molecular weight excluding hydrogens is 378 g/mol. The van der Waals surface area contributed by atoms with Crippen LogP contribution in [0.25, 0.3) is 0 Å². The van der Waals surface area contributed by atoms with Gasteiger partial charge in [0.15, 0.2) is 0 Å². The lowest BCUT2D eigenvalue weighted by molar-refractivity contribution is -0.116. The summed E-state index contributed by atoms with van der Waals surface area (Å²) in [4.78, 5) is 24.4. The van der Waals surface area contributed by atoms with E-state index in [9.17, 15) is 9.59 Å². The molecule has 0 saturated carbocycles. The molecule has 3 aromatic rings. The molecule has 0 saturated heterocycles. The monoisotopic (exact) mass is 403 g/mol. The van der Waals surface area contributed by atoms with Crippen molar-refractivity contribution in [2.75, 3.05) is 29.6 Å². The Balaban J connectivity index is 1.46. The first kappa shape index (κ1) is 20.9. The third-order valence-corrected chi connectivity index (χ3v) is 4.46. The maximum Gasteiger partial charge on any atom is 0.243 e. The van der Waals surface area contributed by atoms with E-state index < -0.39 is 0 Å². The van der Waals surface area contributed by atoms with Gasteiger partial charge in [-0.25, -0.2) is 0 Å². The summed E-state index contributed by atoms with van der Waals surface area (Å²) >= 11 is 0. The van der Waals surface area contributed by atoms with E-state index in [0.717, 1.165) is 17.0 Å². The Morgan fingerprint density at radius 1 is 0.767 bits per heavy atom. The standard InChI is InChI=1S/C24H25N3O3/c1-30-22-13-11-19(12-14-22)25-17-24(29)27-21-9-5-8-20(16-21)26-23(28)15-10-18-6-3-2-4-7-18/h2-9,11-14,16,25H,10,15,17H2,1H3,(H,26,28)(H,27,29). The number of carbonyl (C=O) groups excluding carboxylic acids is 2. The molecule has 0 fully saturated rings. The van der Waals surface area contributed by atoms with E-state index in [2.05, 4.69) is 16.0 Å². The van der Waals surface area contributed by atoms with Crippen molar-refractivity contribution in [2.24, 2.45) is 0 Å². The Kier molecular flexibility index (Phi) is 7.44. The number of amides is 2. The fourth-order valence-electron chi connectivity index (χ4n) is 2.90. The van der Waals surface area contributed by atoms with Gasteiger partial charge in [-0.2, -0.15) is 0 Å². The number of rotatable bonds is 9. The van der Waals surface area contributed by atoms with E-state index >= 15 is 0 Å². The van der Waals surface area contributed by atoms with Gasteiger partial charge >= 0.3 is 0 Å². The van der Waals surface area contributed by atoms with Gasteiger partial charge in [0, 0.05) is 23.5 Å². The maximum atomic E-state index is 12.2. The molecule has 3 N–H and O–H groups in total. The fourth-order valence-corrected chi connectivity index (χ4v) is 2.90. The van der Waals surface area contributed by atoms with Gasteiger partial charge in [0.25, 0.3) is 0 Å². The topological polar surface area (TPSA) is 79.5 Å². The highest BCUT2D eigenvalue weighted by Crippen LogP contribution is 2.17. The van der Waals surface area contributed by atoms with Crippen molar-refractivity contribution in [1.29, 1.82) is 0 Å². The molecule has 0 aliphatic rings. The second kappa shape index (κ2) is 10.7. The first-order valence-electron chi connectivity index (χ1n) is 9.74. The van der Waals surface area contributed by atoms with Gasteiger partial charge in [0.2, 0.25) is 11.8 Å². The summed E-state index contributed by atoms with van der Waals surface area (Å²) in [6, 6.07) is 24.3. The van der Waals surface area contributed by atoms with Gasteiger partial charge in [-0.15, -0.1) is 0 Å². The van der Waals surface area contributed by atoms with Crippen LogP contribution in [-0.2, 0) is 16.0 Å². The molecule has 30 heavy (non-hydrogen) atoms. The lowest BCUT2D eigenvalue weighted by Crippen LogP contribution is -2.21. The van der Waals surface area contributed by atoms with Crippen molar-refractivity contribution in [3.63, 3.8) is 0 Å². The van der Waals surface area contributed by atoms with E-state index in [4.69, 9.17) is 4.74 Å². The number of methoxy groups -OCH3 is 1. The smallest absolute Gasteiger partial charge is 0.243 e. The van der Waals surface area contributed by atoms with Crippen LogP contribution >= 0.6 is 0 Å². The molecule has 0 radical (unpaired) electrons. The second-order valence-electron chi connectivity index (χ2n) is 6.74. The van der Waals surface area contributed by atoms with Crippen molar-refractivity contribution in [3.8, 4) is 5.75 Å². The van der Waals surface area contributed by atoms with Gasteiger partial charge < -0.3 is 20.7 Å². The highest BCUT2D eigenvalue weighted by atomic mass is 16.5. The van der Waals surface area contributed by atoms with Crippen LogP contribution < -0.4 is 20.7 Å². The second-order valence-corrected chi connectivity index (χ2v) is 6.74. The average molecular weight is 403 g/mol. The highest BCUT2D eigenvalue weighted by molar-refractivity contribution is 5.95. The summed E-state index contributed by atoms with van der Waals surface area (Å²) in [5, 5.41) is 8.76. The fraction of sp³-hybridized carbons (Fsp3) is 0.167. The molecule has 6 heteroatoms. The number of nitrogens with one attached hydrogen (secondary N) is 3. The molecular formula is C24H25N3O3. The third kappa shape index (κ3) is 6.67. The molecule has 0 aliphatic carbocycles. The van der Waals surface area contributed by atoms with E-state index in [0.29, 0.717) is 24.2 Å². The normalized spacial score (nSPS) is 10.2. The number of hydrogen-bond acceptors (Lipinski definition) is 4. The molecule has 0 spiro atoms. The zero-order valence-corrected chi connectivity index (χ0v) is 16.9. The van der Waals surface area contributed by atoms with Crippen LogP contribution in [0, 0.1) is 0 Å². The van der Waals surface area contributed by atoms with Gasteiger partial charge in [0.05, 0.1) is 13.7 Å². The first-order chi connectivity index (χ1) is 14.6. The average Bonchev–Trinajstić information content (AvgIpc) is 2.77. The van der Waals surface area contributed by atoms with Crippen molar-refractivity contribution in [3.05, 3.63) is 84.4 Å². The summed E-state index contributed by atoms with van der Waals surface area (Å²) in [6.45, 7) is 0.125. The Morgan fingerprint density at radius 2 is 1.43 bits per heavy atom. The molecule has 0 aromatic heterocycles. The molecule has 0 bridgehead atoms. The quantitative estimate of drug-likeness (QED) is 0.497. The van der Waals surface area contributed by atoms with Crippen molar-refractivity contribution in [1.82, 2.24) is 0 Å². The minimum Gasteiger partial charge on any atom is -0.497 e. The molecule has 2 amide bonds. The van der Waals surface area contributed by atoms with Crippen LogP contribution in [0.3, 0.4) is 0 Å². The van der Waals surface area contributed by atoms with Gasteiger partial charge in [-0.1, -0.05) is 36.4 Å². The highest BCUT2D eigenvalue weighted by Gasteiger charge is 2.06. The predicted molar refractivity (Wildman–Crippen MR) is 120 cm³/mol. The van der Waals surface area contributed by atoms with Crippen molar-refractivity contribution < 1.29 is 14.3 Å². The minimum atomic E-state index is -0.182. The lowest BCUT2D eigenvalue weighted by Gasteiger charge is -2.10. The lowest BCUT2D eigenvalue weighted by atomic mass is 10.1. The Morgan fingerprint density at radius 3 is 2.10 bits per heavy atom. The summed E-state index contributed by atoms with van der Waals surface area (Å²) < 4.78 is 5.11. The minimum absolute atomic E-state index is 0.0662. The first-order valence-corrected chi connectivity index (χ1v) is 9.74. The van der Waals surface area contributed by atoms with Crippen molar-refractivity contribution >= 4 is 28.9 Å². The van der Waals surface area contributed by atoms with E-state index in [1.54, 1.807) is 31.4 Å². The summed E-state index contributed by atoms with van der Waals surface area (Å²) in [6.07, 6.45) is 1.08. The third-order valence-electron chi connectivity index (χ3n) is 4.46. The van der Waals surface area contributed by atoms with Crippen LogP contribution in [0.1, 0.15) is 12.0 Å². The van der Waals surface area contributed by atoms with Crippen molar-refractivity contribution in [2.45, 2.75) is 12.8 Å². The number of aryl methyl sites for hydroxylation is 1. The SMILES string of the molecule is COc1ccc(NCC(=O)Nc2cccc(NC(=O)CCc3ccccc3)c2)cc1. The molecule has 0 aliphatic heterocycles. The number of anilines is 3. The molecule has 3 aromatic carbocycles. The summed E-state index contributed by atoms with van der Waals surface area (Å²) in [7, 11) is 1.61. The molecule has 0 heterocycles. The van der Waals surface area contributed by atoms with E-state index in [-0.39, 0.29) is 18.4 Å². The molecule has 154 valence electrons. The van der Waals surface area contributed by atoms with Gasteiger partial charge in [-0.05, 0) is 54.4 Å². The Bertz CT molecular complexity index is 973. The van der Waals surface area contributed by atoms with Crippen LogP contribution in [0.5, 0.6) is 5.75 Å². The van der Waals surface area contributed by atoms with Crippen LogP contribution in [-0.4, -0.2) is 25.5 Å². The van der Waals surface area contributed by atoms with Crippen LogP contribution in [0.15, 0.2) is 78.9 Å². The van der Waals surface area contributed by atoms with E-state index in [1.165, 1.54) is 0 Å². The number of carbonyl (C=O) groups is 2. The van der Waals surface area contributed by atoms with Crippen LogP contribution in [0.4, 0.5) is 17.1 Å². The van der Waals surface area contributed by atoms with Gasteiger partial charge in [0.1, 0.15) is 5.75 Å². The summed E-state index contributed by atoms with van der Waals surface area (Å²) in [5.41, 5.74) is 3.22. The Hall–Kier alpha value is -3.80. The largest absolute Gasteiger partial charge is 0.497 e. The number of ether oxygens (including phenoxy) is 1. The Labute approximate surface area is 176 Å². The maximum absolute atomic E-state index is 12.2. The summed E-state index contributed by atoms with van der Waals surface area (Å²) in [5.74, 6) is 0.509. The van der Waals surface area contributed by atoms with E-state index in [1.807, 2.05) is 54.6 Å². The zero-order chi connectivity index (χ0) is 21.2. The predicted octanol–water partition coefficient (Wildman–Crippen LogP) is 4.32. The molecule has 6 nitrogen and oxygen atoms in total. The number of benzene rings is 3. The van der Waals surface area contributed by atoms with Crippen LogP contribution in [0.2, 0.25) is 0 Å². The molecule has 0 atom stereocenters. The molecule has 0 unspecified atom stereocenters.